The van der Waals surface area contributed by atoms with Crippen LogP contribution in [0.15, 0.2) is 30.3 Å². The summed E-state index contributed by atoms with van der Waals surface area (Å²) in [4.78, 5) is 34.5. The summed E-state index contributed by atoms with van der Waals surface area (Å²) in [5.74, 6) is -1.73. The van der Waals surface area contributed by atoms with Gasteiger partial charge in [-0.1, -0.05) is 30.3 Å². The van der Waals surface area contributed by atoms with Crippen LogP contribution in [0.1, 0.15) is 45.6 Å². The predicted octanol–water partition coefficient (Wildman–Crippen LogP) is 3.06. The number of hydrogen-bond acceptors (Lipinski definition) is 5. The monoisotopic (exact) mass is 320 g/mol. The quantitative estimate of drug-likeness (QED) is 0.418. The fraction of sp³-hybridized carbons (Fsp3) is 0.500. The molecule has 0 N–H and O–H groups in total. The van der Waals surface area contributed by atoms with Crippen molar-refractivity contribution in [3.05, 3.63) is 35.9 Å². The molecule has 0 saturated carbocycles. The second-order valence-electron chi connectivity index (χ2n) is 6.31. The number of benzene rings is 1. The van der Waals surface area contributed by atoms with Crippen LogP contribution in [0.25, 0.3) is 0 Å². The first-order valence-electron chi connectivity index (χ1n) is 7.69. The van der Waals surface area contributed by atoms with Gasteiger partial charge in [-0.05, 0) is 39.2 Å². The molecule has 1 aromatic rings. The lowest BCUT2D eigenvalue weighted by Crippen LogP contribution is -2.29. The highest BCUT2D eigenvalue weighted by atomic mass is 16.6. The molecule has 0 saturated heterocycles. The number of carbonyl (C=O) groups excluding carboxylic acids is 3. The van der Waals surface area contributed by atoms with Gasteiger partial charge in [0.1, 0.15) is 24.4 Å². The van der Waals surface area contributed by atoms with Gasteiger partial charge in [-0.25, -0.2) is 0 Å². The van der Waals surface area contributed by atoms with Gasteiger partial charge in [0.15, 0.2) is 0 Å². The van der Waals surface area contributed by atoms with Gasteiger partial charge < -0.3 is 14.3 Å². The van der Waals surface area contributed by atoms with Gasteiger partial charge in [0.05, 0.1) is 0 Å². The number of carbonyl (C=O) groups is 3. The number of hydrogen-bond donors (Lipinski definition) is 0. The van der Waals surface area contributed by atoms with Crippen LogP contribution >= 0.6 is 0 Å². The smallest absolute Gasteiger partial charge is 0.316 e. The Kier molecular flexibility index (Phi) is 7.45. The lowest BCUT2D eigenvalue weighted by Gasteiger charge is -2.21. The summed E-state index contributed by atoms with van der Waals surface area (Å²) in [5.41, 5.74) is 0.285. The van der Waals surface area contributed by atoms with Crippen LogP contribution in [0.2, 0.25) is 0 Å². The molecule has 5 heteroatoms. The van der Waals surface area contributed by atoms with Crippen LogP contribution in [-0.2, 0) is 30.5 Å². The summed E-state index contributed by atoms with van der Waals surface area (Å²) in [6, 6.07) is 9.38. The molecule has 0 heterocycles. The molecule has 5 nitrogen and oxygen atoms in total. The van der Waals surface area contributed by atoms with Crippen molar-refractivity contribution in [2.75, 3.05) is 0 Å². The molecule has 0 aliphatic rings. The third-order valence-electron chi connectivity index (χ3n) is 3.01. The Morgan fingerprint density at radius 3 is 2.39 bits per heavy atom. The highest BCUT2D eigenvalue weighted by molar-refractivity contribution is 5.87. The van der Waals surface area contributed by atoms with Gasteiger partial charge in [-0.3, -0.25) is 9.59 Å². The summed E-state index contributed by atoms with van der Waals surface area (Å²) >= 11 is 0. The molecule has 0 bridgehead atoms. The van der Waals surface area contributed by atoms with Gasteiger partial charge in [0.2, 0.25) is 0 Å². The number of esters is 2. The molecule has 0 amide bonds. The summed E-state index contributed by atoms with van der Waals surface area (Å²) < 4.78 is 10.3. The van der Waals surface area contributed by atoms with Crippen LogP contribution in [0, 0.1) is 5.92 Å². The number of aldehydes is 1. The Hall–Kier alpha value is -2.17. The van der Waals surface area contributed by atoms with E-state index in [0.29, 0.717) is 12.7 Å². The first-order chi connectivity index (χ1) is 10.8. The van der Waals surface area contributed by atoms with Crippen LogP contribution in [0.5, 0.6) is 0 Å². The van der Waals surface area contributed by atoms with E-state index in [9.17, 15) is 14.4 Å². The lowest BCUT2D eigenvalue weighted by molar-refractivity contribution is -0.161. The molecule has 1 unspecified atom stereocenters. The van der Waals surface area contributed by atoms with E-state index >= 15 is 0 Å². The Morgan fingerprint density at radius 2 is 1.83 bits per heavy atom. The van der Waals surface area contributed by atoms with Crippen molar-refractivity contribution in [2.45, 2.75) is 52.2 Å². The fourth-order valence-electron chi connectivity index (χ4n) is 1.90. The maximum Gasteiger partial charge on any atom is 0.316 e. The zero-order valence-corrected chi connectivity index (χ0v) is 13.9. The zero-order valence-electron chi connectivity index (χ0n) is 13.9. The normalized spacial score (nSPS) is 12.3. The second kappa shape index (κ2) is 9.08. The summed E-state index contributed by atoms with van der Waals surface area (Å²) in [6.45, 7) is 5.46. The van der Waals surface area contributed by atoms with Crippen molar-refractivity contribution >= 4 is 18.2 Å². The van der Waals surface area contributed by atoms with Crippen LogP contribution < -0.4 is 0 Å². The van der Waals surface area contributed by atoms with E-state index in [1.807, 2.05) is 30.3 Å². The molecule has 0 aliphatic carbocycles. The third kappa shape index (κ3) is 8.14. The predicted molar refractivity (Wildman–Crippen MR) is 85.5 cm³/mol. The van der Waals surface area contributed by atoms with Crippen molar-refractivity contribution in [1.82, 2.24) is 0 Å². The van der Waals surface area contributed by atoms with Crippen molar-refractivity contribution < 1.29 is 23.9 Å². The van der Waals surface area contributed by atoms with Gasteiger partial charge in [-0.2, -0.15) is 0 Å². The Bertz CT molecular complexity index is 516. The van der Waals surface area contributed by atoms with Crippen molar-refractivity contribution in [3.63, 3.8) is 0 Å². The molecule has 1 aromatic carbocycles. The van der Waals surface area contributed by atoms with E-state index < -0.39 is 17.5 Å². The summed E-state index contributed by atoms with van der Waals surface area (Å²) in [5, 5.41) is 0. The molecule has 0 aromatic heterocycles. The molecule has 0 radical (unpaired) electrons. The van der Waals surface area contributed by atoms with Gasteiger partial charge in [-0.15, -0.1) is 0 Å². The van der Waals surface area contributed by atoms with Crippen molar-refractivity contribution in [1.29, 1.82) is 0 Å². The number of ether oxygens (including phenoxy) is 2. The minimum absolute atomic E-state index is 0.167. The molecular formula is C18H24O5. The minimum atomic E-state index is -0.837. The first kappa shape index (κ1) is 18.9. The maximum atomic E-state index is 11.8. The zero-order chi connectivity index (χ0) is 17.3. The van der Waals surface area contributed by atoms with Crippen LogP contribution in [0.4, 0.5) is 0 Å². The molecule has 126 valence electrons. The summed E-state index contributed by atoms with van der Waals surface area (Å²) in [6.07, 6.45) is 1.42. The van der Waals surface area contributed by atoms with E-state index in [2.05, 4.69) is 0 Å². The molecule has 1 atom stereocenters. The molecule has 0 aliphatic heterocycles. The number of rotatable bonds is 8. The maximum absolute atomic E-state index is 11.8. The average molecular weight is 320 g/mol. The van der Waals surface area contributed by atoms with E-state index in [4.69, 9.17) is 9.47 Å². The van der Waals surface area contributed by atoms with E-state index in [-0.39, 0.29) is 25.4 Å². The Labute approximate surface area is 137 Å². The highest BCUT2D eigenvalue weighted by Crippen LogP contribution is 2.15. The molecule has 1 rings (SSSR count). The highest BCUT2D eigenvalue weighted by Gasteiger charge is 2.24. The van der Waals surface area contributed by atoms with Crippen LogP contribution in [0.3, 0.4) is 0 Å². The van der Waals surface area contributed by atoms with Gasteiger partial charge >= 0.3 is 11.9 Å². The first-order valence-corrected chi connectivity index (χ1v) is 7.69. The van der Waals surface area contributed by atoms with Crippen molar-refractivity contribution in [3.8, 4) is 0 Å². The summed E-state index contributed by atoms with van der Waals surface area (Å²) in [7, 11) is 0. The minimum Gasteiger partial charge on any atom is -0.461 e. The Morgan fingerprint density at radius 1 is 1.17 bits per heavy atom. The Balaban J connectivity index is 2.29. The third-order valence-corrected chi connectivity index (χ3v) is 3.01. The standard InChI is InChI=1S/C18H24O5/c1-18(2,3)23-17(21)15(12-19)10-7-11-16(20)22-13-14-8-5-4-6-9-14/h4-6,8-9,12,15H,7,10-11,13H2,1-3H3. The second-order valence-corrected chi connectivity index (χ2v) is 6.31. The SMILES string of the molecule is CC(C)(C)OC(=O)C(C=O)CCCC(=O)OCc1ccccc1. The molecule has 23 heavy (non-hydrogen) atoms. The average Bonchev–Trinajstić information content (AvgIpc) is 2.48. The largest absolute Gasteiger partial charge is 0.461 e. The van der Waals surface area contributed by atoms with E-state index in [1.165, 1.54) is 0 Å². The lowest BCUT2D eigenvalue weighted by atomic mass is 10.0. The topological polar surface area (TPSA) is 69.7 Å². The van der Waals surface area contributed by atoms with E-state index in [1.54, 1.807) is 20.8 Å². The van der Waals surface area contributed by atoms with Gasteiger partial charge in [0, 0.05) is 6.42 Å². The van der Waals surface area contributed by atoms with Crippen LogP contribution in [-0.4, -0.2) is 23.8 Å². The molecule has 0 fully saturated rings. The fourth-order valence-corrected chi connectivity index (χ4v) is 1.90. The van der Waals surface area contributed by atoms with E-state index in [0.717, 1.165) is 5.56 Å². The van der Waals surface area contributed by atoms with Crippen molar-refractivity contribution in [2.24, 2.45) is 5.92 Å². The van der Waals surface area contributed by atoms with Gasteiger partial charge in [0.25, 0.3) is 0 Å². The molecular weight excluding hydrogens is 296 g/mol. The molecule has 0 spiro atoms.